The van der Waals surface area contributed by atoms with Gasteiger partial charge in [0.05, 0.1) is 12.1 Å². The van der Waals surface area contributed by atoms with E-state index in [9.17, 15) is 18.7 Å². The average Bonchev–Trinajstić information content (AvgIpc) is 2.88. The van der Waals surface area contributed by atoms with Crippen LogP contribution in [0.5, 0.6) is 5.75 Å². The standard InChI is InChI=1S/C16H12F2N2O3/c17-16(18)23-11-7-5-10(6-8-11)9-20-13-4-2-1-3-12(13)14(19-20)15(21)22/h1-8,16H,9H2,(H,21,22). The Balaban J connectivity index is 1.91. The van der Waals surface area contributed by atoms with Crippen molar-refractivity contribution in [1.82, 2.24) is 9.78 Å². The number of fused-ring (bicyclic) bond motifs is 1. The second-order valence-corrected chi connectivity index (χ2v) is 4.85. The second-order valence-electron chi connectivity index (χ2n) is 4.85. The molecule has 1 aromatic heterocycles. The summed E-state index contributed by atoms with van der Waals surface area (Å²) in [6.45, 7) is -2.54. The number of alkyl halides is 2. The molecule has 0 atom stereocenters. The molecule has 0 aliphatic rings. The van der Waals surface area contributed by atoms with Crippen LogP contribution < -0.4 is 4.74 Å². The van der Waals surface area contributed by atoms with Gasteiger partial charge in [0.2, 0.25) is 0 Å². The Kier molecular flexibility index (Phi) is 3.92. The molecule has 1 N–H and O–H groups in total. The lowest BCUT2D eigenvalue weighted by Crippen LogP contribution is -2.05. The molecule has 0 spiro atoms. The van der Waals surface area contributed by atoms with Crippen LogP contribution >= 0.6 is 0 Å². The molecule has 3 rings (SSSR count). The van der Waals surface area contributed by atoms with Crippen LogP contribution in [0.25, 0.3) is 10.9 Å². The van der Waals surface area contributed by atoms with Gasteiger partial charge in [0.1, 0.15) is 5.75 Å². The molecule has 0 bridgehead atoms. The zero-order valence-electron chi connectivity index (χ0n) is 11.8. The third-order valence-electron chi connectivity index (χ3n) is 3.34. The van der Waals surface area contributed by atoms with E-state index >= 15 is 0 Å². The fraction of sp³-hybridized carbons (Fsp3) is 0.125. The lowest BCUT2D eigenvalue weighted by molar-refractivity contribution is -0.0498. The summed E-state index contributed by atoms with van der Waals surface area (Å²) in [6, 6.07) is 13.2. The van der Waals surface area contributed by atoms with E-state index in [-0.39, 0.29) is 11.4 Å². The Bertz CT molecular complexity index is 844. The highest BCUT2D eigenvalue weighted by Crippen LogP contribution is 2.21. The molecule has 118 valence electrons. The first-order valence-corrected chi connectivity index (χ1v) is 6.77. The summed E-state index contributed by atoms with van der Waals surface area (Å²) in [5, 5.41) is 13.9. The SMILES string of the molecule is O=C(O)c1nn(Cc2ccc(OC(F)F)cc2)c2ccccc12. The fourth-order valence-corrected chi connectivity index (χ4v) is 2.36. The number of benzene rings is 2. The van der Waals surface area contributed by atoms with Crippen LogP contribution in [0.4, 0.5) is 8.78 Å². The Morgan fingerprint density at radius 1 is 1.17 bits per heavy atom. The van der Waals surface area contributed by atoms with Crippen molar-refractivity contribution >= 4 is 16.9 Å². The summed E-state index contributed by atoms with van der Waals surface area (Å²) in [6.07, 6.45) is 0. The van der Waals surface area contributed by atoms with Gasteiger partial charge >= 0.3 is 12.6 Å². The highest BCUT2D eigenvalue weighted by atomic mass is 19.3. The summed E-state index contributed by atoms with van der Waals surface area (Å²) >= 11 is 0. The first-order valence-electron chi connectivity index (χ1n) is 6.77. The predicted molar refractivity (Wildman–Crippen MR) is 78.9 cm³/mol. The minimum Gasteiger partial charge on any atom is -0.476 e. The summed E-state index contributed by atoms with van der Waals surface area (Å²) < 4.78 is 30.1. The number of nitrogens with zero attached hydrogens (tertiary/aromatic N) is 2. The van der Waals surface area contributed by atoms with E-state index < -0.39 is 12.6 Å². The maximum atomic E-state index is 12.1. The molecular formula is C16H12F2N2O3. The van der Waals surface area contributed by atoms with Gasteiger partial charge in [-0.3, -0.25) is 4.68 Å². The van der Waals surface area contributed by atoms with E-state index in [1.807, 2.05) is 0 Å². The van der Waals surface area contributed by atoms with Crippen molar-refractivity contribution in [2.75, 3.05) is 0 Å². The van der Waals surface area contributed by atoms with Crippen LogP contribution in [-0.4, -0.2) is 27.5 Å². The number of carbonyl (C=O) groups is 1. The zero-order chi connectivity index (χ0) is 16.4. The van der Waals surface area contributed by atoms with Crippen molar-refractivity contribution in [2.24, 2.45) is 0 Å². The number of carboxylic acids is 1. The Morgan fingerprint density at radius 3 is 2.52 bits per heavy atom. The summed E-state index contributed by atoms with van der Waals surface area (Å²) in [5.41, 5.74) is 1.47. The van der Waals surface area contributed by atoms with Crippen molar-refractivity contribution in [1.29, 1.82) is 0 Å². The summed E-state index contributed by atoms with van der Waals surface area (Å²) in [5.74, 6) is -1.03. The van der Waals surface area contributed by atoms with Gasteiger partial charge in [-0.25, -0.2) is 4.79 Å². The number of hydrogen-bond donors (Lipinski definition) is 1. The fourth-order valence-electron chi connectivity index (χ4n) is 2.36. The van der Waals surface area contributed by atoms with Crippen LogP contribution in [0.1, 0.15) is 16.1 Å². The highest BCUT2D eigenvalue weighted by molar-refractivity contribution is 6.01. The number of halogens is 2. The average molecular weight is 318 g/mol. The molecule has 5 nitrogen and oxygen atoms in total. The van der Waals surface area contributed by atoms with Gasteiger partial charge in [-0.2, -0.15) is 13.9 Å². The molecule has 0 fully saturated rings. The maximum Gasteiger partial charge on any atom is 0.387 e. The molecule has 0 amide bonds. The van der Waals surface area contributed by atoms with Gasteiger partial charge in [0, 0.05) is 5.39 Å². The molecule has 23 heavy (non-hydrogen) atoms. The second kappa shape index (κ2) is 6.04. The number of para-hydroxylation sites is 1. The first-order chi connectivity index (χ1) is 11.0. The maximum absolute atomic E-state index is 12.1. The van der Waals surface area contributed by atoms with Crippen LogP contribution in [0.3, 0.4) is 0 Å². The molecule has 3 aromatic rings. The first kappa shape index (κ1) is 15.0. The molecule has 7 heteroatoms. The van der Waals surface area contributed by atoms with Gasteiger partial charge in [-0.15, -0.1) is 0 Å². The normalized spacial score (nSPS) is 11.1. The van der Waals surface area contributed by atoms with Gasteiger partial charge in [0.25, 0.3) is 0 Å². The predicted octanol–water partition coefficient (Wildman–Crippen LogP) is 3.38. The minimum absolute atomic E-state index is 0.0155. The Hall–Kier alpha value is -2.96. The van der Waals surface area contributed by atoms with Crippen LogP contribution in [-0.2, 0) is 6.54 Å². The third-order valence-corrected chi connectivity index (χ3v) is 3.34. The topological polar surface area (TPSA) is 64.3 Å². The van der Waals surface area contributed by atoms with E-state index in [2.05, 4.69) is 9.84 Å². The van der Waals surface area contributed by atoms with Gasteiger partial charge in [-0.1, -0.05) is 30.3 Å². The number of ether oxygens (including phenoxy) is 1. The van der Waals surface area contributed by atoms with E-state index in [1.54, 1.807) is 41.1 Å². The Morgan fingerprint density at radius 2 is 1.87 bits per heavy atom. The minimum atomic E-state index is -2.87. The molecular weight excluding hydrogens is 306 g/mol. The van der Waals surface area contributed by atoms with Crippen molar-refractivity contribution in [2.45, 2.75) is 13.2 Å². The smallest absolute Gasteiger partial charge is 0.387 e. The molecule has 2 aromatic carbocycles. The molecule has 0 unspecified atom stereocenters. The van der Waals surface area contributed by atoms with Crippen LogP contribution in [0.2, 0.25) is 0 Å². The summed E-state index contributed by atoms with van der Waals surface area (Å²) in [7, 11) is 0. The van der Waals surface area contributed by atoms with E-state index in [4.69, 9.17) is 0 Å². The molecule has 0 radical (unpaired) electrons. The molecule has 0 saturated heterocycles. The van der Waals surface area contributed by atoms with Crippen molar-refractivity contribution in [3.63, 3.8) is 0 Å². The van der Waals surface area contributed by atoms with E-state index in [1.165, 1.54) is 12.1 Å². The van der Waals surface area contributed by atoms with Crippen molar-refractivity contribution in [3.05, 3.63) is 59.8 Å². The van der Waals surface area contributed by atoms with E-state index in [0.717, 1.165) is 5.56 Å². The quantitative estimate of drug-likeness (QED) is 0.783. The van der Waals surface area contributed by atoms with Gasteiger partial charge < -0.3 is 9.84 Å². The molecule has 0 saturated carbocycles. The van der Waals surface area contributed by atoms with Gasteiger partial charge in [0.15, 0.2) is 5.69 Å². The van der Waals surface area contributed by atoms with E-state index in [0.29, 0.717) is 17.4 Å². The molecule has 0 aliphatic carbocycles. The van der Waals surface area contributed by atoms with Gasteiger partial charge in [-0.05, 0) is 23.8 Å². The van der Waals surface area contributed by atoms with Crippen LogP contribution in [0, 0.1) is 0 Å². The third kappa shape index (κ3) is 3.13. The molecule has 1 heterocycles. The molecule has 0 aliphatic heterocycles. The Labute approximate surface area is 129 Å². The highest BCUT2D eigenvalue weighted by Gasteiger charge is 2.15. The number of hydrogen-bond acceptors (Lipinski definition) is 3. The monoisotopic (exact) mass is 318 g/mol. The van der Waals surface area contributed by atoms with Crippen molar-refractivity contribution in [3.8, 4) is 5.75 Å². The zero-order valence-corrected chi connectivity index (χ0v) is 11.8. The summed E-state index contributed by atoms with van der Waals surface area (Å²) in [4.78, 5) is 11.3. The van der Waals surface area contributed by atoms with Crippen LogP contribution in [0.15, 0.2) is 48.5 Å². The largest absolute Gasteiger partial charge is 0.476 e. The lowest BCUT2D eigenvalue weighted by Gasteiger charge is -2.07. The lowest BCUT2D eigenvalue weighted by atomic mass is 10.2. The number of carboxylic acid groups (broad SMARTS) is 1. The number of aromatic carboxylic acids is 1. The van der Waals surface area contributed by atoms with Crippen molar-refractivity contribution < 1.29 is 23.4 Å². The number of rotatable bonds is 5. The number of aromatic nitrogens is 2.